The molecule has 3 rings (SSSR count). The number of rotatable bonds is 6. The molecule has 5 nitrogen and oxygen atoms in total. The van der Waals surface area contributed by atoms with Crippen LogP contribution in [0.1, 0.15) is 24.3 Å². The van der Waals surface area contributed by atoms with Gasteiger partial charge in [0.05, 0.1) is 10.7 Å². The maximum atomic E-state index is 12.2. The number of nitrogens with zero attached hydrogens (tertiary/aromatic N) is 2. The van der Waals surface area contributed by atoms with Crippen molar-refractivity contribution in [1.82, 2.24) is 15.3 Å². The van der Waals surface area contributed by atoms with Gasteiger partial charge in [-0.1, -0.05) is 6.42 Å². The quantitative estimate of drug-likeness (QED) is 0.851. The Balaban J connectivity index is 1.49. The minimum absolute atomic E-state index is 0.101. The summed E-state index contributed by atoms with van der Waals surface area (Å²) >= 11 is 1.63. The van der Waals surface area contributed by atoms with Gasteiger partial charge in [-0.2, -0.15) is 0 Å². The minimum Gasteiger partial charge on any atom is -0.355 e. The molecule has 0 bridgehead atoms. The normalized spacial score (nSPS) is 20.6. The Hall–Kier alpha value is -1.79. The van der Waals surface area contributed by atoms with E-state index in [9.17, 15) is 4.79 Å². The van der Waals surface area contributed by atoms with E-state index in [1.807, 2.05) is 17.5 Å². The van der Waals surface area contributed by atoms with E-state index < -0.39 is 0 Å². The third-order valence-corrected chi connectivity index (χ3v) is 5.37. The Morgan fingerprint density at radius 3 is 2.96 bits per heavy atom. The van der Waals surface area contributed by atoms with E-state index in [0.29, 0.717) is 19.0 Å². The number of thiazole rings is 1. The molecule has 0 unspecified atom stereocenters. The summed E-state index contributed by atoms with van der Waals surface area (Å²) in [6.45, 7) is 1.25. The number of amides is 1. The molecule has 1 saturated carbocycles. The Bertz CT molecular complexity index is 643. The molecular weight excluding hydrogens is 308 g/mol. The van der Waals surface area contributed by atoms with Crippen LogP contribution in [0.25, 0.3) is 11.3 Å². The topological polar surface area (TPSA) is 80.9 Å². The van der Waals surface area contributed by atoms with Crippen molar-refractivity contribution in [2.75, 3.05) is 13.1 Å². The van der Waals surface area contributed by atoms with Gasteiger partial charge in [0.15, 0.2) is 0 Å². The second-order valence-corrected chi connectivity index (χ2v) is 6.88. The zero-order chi connectivity index (χ0) is 16.1. The van der Waals surface area contributed by atoms with Gasteiger partial charge < -0.3 is 11.1 Å². The van der Waals surface area contributed by atoms with Gasteiger partial charge in [0.2, 0.25) is 5.91 Å². The van der Waals surface area contributed by atoms with Crippen LogP contribution in [0.3, 0.4) is 0 Å². The molecule has 1 fully saturated rings. The fourth-order valence-electron chi connectivity index (χ4n) is 3.17. The summed E-state index contributed by atoms with van der Waals surface area (Å²) in [5.41, 5.74) is 7.79. The number of carbonyl (C=O) groups is 1. The molecule has 6 heteroatoms. The molecule has 122 valence electrons. The van der Waals surface area contributed by atoms with Crippen molar-refractivity contribution in [1.29, 1.82) is 0 Å². The van der Waals surface area contributed by atoms with E-state index in [2.05, 4.69) is 15.3 Å². The highest BCUT2D eigenvalue weighted by Gasteiger charge is 2.31. The zero-order valence-corrected chi connectivity index (χ0v) is 13.9. The highest BCUT2D eigenvalue weighted by atomic mass is 32.1. The van der Waals surface area contributed by atoms with Gasteiger partial charge in [0, 0.05) is 42.2 Å². The van der Waals surface area contributed by atoms with E-state index in [-0.39, 0.29) is 11.8 Å². The van der Waals surface area contributed by atoms with E-state index in [1.54, 1.807) is 23.7 Å². The summed E-state index contributed by atoms with van der Waals surface area (Å²) in [6.07, 6.45) is 7.46. The predicted molar refractivity (Wildman–Crippen MR) is 91.9 cm³/mol. The molecule has 2 heterocycles. The first-order valence-corrected chi connectivity index (χ1v) is 8.98. The van der Waals surface area contributed by atoms with Gasteiger partial charge in [0.25, 0.3) is 0 Å². The van der Waals surface area contributed by atoms with Gasteiger partial charge in [0.1, 0.15) is 0 Å². The number of nitrogens with two attached hydrogens (primary N) is 1. The maximum Gasteiger partial charge on any atom is 0.223 e. The molecular formula is C17H22N4OS. The van der Waals surface area contributed by atoms with Crippen LogP contribution in [0.2, 0.25) is 0 Å². The lowest BCUT2D eigenvalue weighted by molar-refractivity contribution is -0.125. The molecule has 0 aliphatic heterocycles. The fourth-order valence-corrected chi connectivity index (χ4v) is 3.98. The Morgan fingerprint density at radius 2 is 2.17 bits per heavy atom. The maximum absolute atomic E-state index is 12.2. The second-order valence-electron chi connectivity index (χ2n) is 5.94. The summed E-state index contributed by atoms with van der Waals surface area (Å²) < 4.78 is 0. The standard InChI is InChI=1S/C17H22N4OS/c18-10-13-2-1-3-14(13)17(22)20-9-6-16-21-15(11-23-16)12-4-7-19-8-5-12/h4-5,7-8,11,13-14H,1-3,6,9-10,18H2,(H,20,22)/t13-,14-/m1/s1. The molecule has 0 aromatic carbocycles. The summed E-state index contributed by atoms with van der Waals surface area (Å²) in [4.78, 5) is 20.9. The Morgan fingerprint density at radius 1 is 1.35 bits per heavy atom. The smallest absolute Gasteiger partial charge is 0.223 e. The van der Waals surface area contributed by atoms with Crippen LogP contribution in [-0.2, 0) is 11.2 Å². The van der Waals surface area contributed by atoms with E-state index >= 15 is 0 Å². The van der Waals surface area contributed by atoms with Crippen LogP contribution >= 0.6 is 11.3 Å². The molecule has 0 spiro atoms. The van der Waals surface area contributed by atoms with Crippen molar-refractivity contribution >= 4 is 17.2 Å². The first kappa shape index (κ1) is 16.1. The number of aromatic nitrogens is 2. The Kier molecular flexibility index (Phi) is 5.35. The number of hydrogen-bond donors (Lipinski definition) is 2. The van der Waals surface area contributed by atoms with Gasteiger partial charge in [-0.25, -0.2) is 4.98 Å². The SMILES string of the molecule is NC[C@H]1CCC[C@H]1C(=O)NCCc1nc(-c2ccncc2)cs1. The van der Waals surface area contributed by atoms with Gasteiger partial charge in [-0.15, -0.1) is 11.3 Å². The van der Waals surface area contributed by atoms with Crippen LogP contribution in [-0.4, -0.2) is 29.0 Å². The lowest BCUT2D eigenvalue weighted by Crippen LogP contribution is -2.36. The summed E-state index contributed by atoms with van der Waals surface area (Å²) in [5.74, 6) is 0.612. The van der Waals surface area contributed by atoms with Crippen molar-refractivity contribution in [3.05, 3.63) is 34.9 Å². The average Bonchev–Trinajstić information content (AvgIpc) is 3.24. The van der Waals surface area contributed by atoms with E-state index in [0.717, 1.165) is 41.9 Å². The number of pyridine rings is 1. The van der Waals surface area contributed by atoms with Crippen LogP contribution in [0.5, 0.6) is 0 Å². The lowest BCUT2D eigenvalue weighted by Gasteiger charge is -2.17. The number of carbonyl (C=O) groups excluding carboxylic acids is 1. The van der Waals surface area contributed by atoms with E-state index in [4.69, 9.17) is 5.73 Å². The predicted octanol–water partition coefficient (Wildman–Crippen LogP) is 2.24. The molecule has 1 aliphatic carbocycles. The minimum atomic E-state index is 0.101. The third kappa shape index (κ3) is 3.95. The first-order chi connectivity index (χ1) is 11.3. The molecule has 2 aromatic heterocycles. The molecule has 2 atom stereocenters. The highest BCUT2D eigenvalue weighted by Crippen LogP contribution is 2.30. The third-order valence-electron chi connectivity index (χ3n) is 4.46. The number of hydrogen-bond acceptors (Lipinski definition) is 5. The summed E-state index contributed by atoms with van der Waals surface area (Å²) in [7, 11) is 0. The average molecular weight is 330 g/mol. The van der Waals surface area contributed by atoms with Crippen molar-refractivity contribution < 1.29 is 4.79 Å². The molecule has 0 radical (unpaired) electrons. The summed E-state index contributed by atoms with van der Waals surface area (Å²) in [6, 6.07) is 3.90. The van der Waals surface area contributed by atoms with Crippen LogP contribution < -0.4 is 11.1 Å². The van der Waals surface area contributed by atoms with Gasteiger partial charge in [-0.05, 0) is 37.4 Å². The monoisotopic (exact) mass is 330 g/mol. The van der Waals surface area contributed by atoms with Crippen molar-refractivity contribution in [2.45, 2.75) is 25.7 Å². The van der Waals surface area contributed by atoms with Crippen molar-refractivity contribution in [3.8, 4) is 11.3 Å². The molecule has 0 saturated heterocycles. The van der Waals surface area contributed by atoms with Crippen LogP contribution in [0.4, 0.5) is 0 Å². The van der Waals surface area contributed by atoms with Crippen molar-refractivity contribution in [2.24, 2.45) is 17.6 Å². The van der Waals surface area contributed by atoms with E-state index in [1.165, 1.54) is 0 Å². The van der Waals surface area contributed by atoms with Crippen LogP contribution in [0.15, 0.2) is 29.9 Å². The largest absolute Gasteiger partial charge is 0.355 e. The molecule has 23 heavy (non-hydrogen) atoms. The molecule has 1 aliphatic rings. The van der Waals surface area contributed by atoms with Crippen LogP contribution in [0, 0.1) is 11.8 Å². The molecule has 3 N–H and O–H groups in total. The fraction of sp³-hybridized carbons (Fsp3) is 0.471. The Labute approximate surface area is 140 Å². The highest BCUT2D eigenvalue weighted by molar-refractivity contribution is 7.09. The van der Waals surface area contributed by atoms with Gasteiger partial charge in [-0.3, -0.25) is 9.78 Å². The molecule has 1 amide bonds. The molecule has 2 aromatic rings. The van der Waals surface area contributed by atoms with Gasteiger partial charge >= 0.3 is 0 Å². The van der Waals surface area contributed by atoms with Crippen molar-refractivity contribution in [3.63, 3.8) is 0 Å². The lowest BCUT2D eigenvalue weighted by atomic mass is 9.95. The zero-order valence-electron chi connectivity index (χ0n) is 13.1. The number of nitrogens with one attached hydrogen (secondary N) is 1. The second kappa shape index (κ2) is 7.66. The summed E-state index contributed by atoms with van der Waals surface area (Å²) in [5, 5.41) is 6.14. The first-order valence-electron chi connectivity index (χ1n) is 8.10.